The van der Waals surface area contributed by atoms with E-state index in [1.807, 2.05) is 64.4 Å². The minimum Gasteiger partial charge on any atom is -0.309 e. The highest BCUT2D eigenvalue weighted by molar-refractivity contribution is 7.27. The Labute approximate surface area is 599 Å². The molecule has 0 amide bonds. The van der Waals surface area contributed by atoms with E-state index in [1.54, 1.807) is 41.7 Å². The van der Waals surface area contributed by atoms with Crippen molar-refractivity contribution < 1.29 is 13.7 Å². The minimum atomic E-state index is -0.516. The molecule has 0 atom stereocenters. The van der Waals surface area contributed by atoms with Gasteiger partial charge in [-0.25, -0.2) is 19.9 Å². The molecule has 0 N–H and O–H groups in total. The number of benzene rings is 14. The summed E-state index contributed by atoms with van der Waals surface area (Å²) in [5, 5.41) is 13.9. The Kier molecular flexibility index (Phi) is 11.7. The molecule has 20 rings (SSSR count). The van der Waals surface area contributed by atoms with E-state index in [0.29, 0.717) is 22.6 Å². The molecule has 20 aromatic rings. The van der Waals surface area contributed by atoms with Crippen LogP contribution in [0.15, 0.2) is 321 Å². The van der Waals surface area contributed by atoms with Crippen LogP contribution >= 0.6 is 22.7 Å². The Morgan fingerprint density at radius 2 is 0.720 bits per heavy atom. The van der Waals surface area contributed by atoms with Gasteiger partial charge in [0.1, 0.15) is 0 Å². The SMILES string of the molecule is CC(C)(C)c1ccc(-c2cc(-c3ccccc3)nc(-c3cccc(-n4c5ccccc5c5c6ccccc6c6sc7ccccc7c6c54)c3)n2)cc1.[2H]c1c([2H])c([2H])c(-c2ccc(-c3cc(-c4c([2H])c([2H])c([2H])c([2H])c4[2H])nc(-n4c5ccccc5c5c6ccccc6c6sc7ccccc7c6c54)n3)cc2)c([2H])c1[2H]. The molecule has 0 radical (unpaired) electrons. The van der Waals surface area contributed by atoms with Crippen LogP contribution in [0.1, 0.15) is 40.0 Å². The smallest absolute Gasteiger partial charge is 0.235 e. The monoisotopic (exact) mass is 1320 g/mol. The lowest BCUT2D eigenvalue weighted by Crippen LogP contribution is -2.10. The van der Waals surface area contributed by atoms with Crippen LogP contribution in [-0.2, 0) is 5.41 Å². The van der Waals surface area contributed by atoms with Crippen LogP contribution in [0.5, 0.6) is 0 Å². The summed E-state index contributed by atoms with van der Waals surface area (Å²) in [4.78, 5) is 20.7. The highest BCUT2D eigenvalue weighted by atomic mass is 32.1. The zero-order valence-corrected chi connectivity index (χ0v) is 56.0. The Bertz CT molecular complexity index is 7210. The predicted octanol–water partition coefficient (Wildman–Crippen LogP) is 25.5. The second-order valence-electron chi connectivity index (χ2n) is 26.1. The Morgan fingerprint density at radius 3 is 1.27 bits per heavy atom. The fourth-order valence-electron chi connectivity index (χ4n) is 14.5. The van der Waals surface area contributed by atoms with Crippen molar-refractivity contribution in [2.24, 2.45) is 0 Å². The number of rotatable bonds is 8. The van der Waals surface area contributed by atoms with Crippen LogP contribution in [0.2, 0.25) is 0 Å². The van der Waals surface area contributed by atoms with Crippen LogP contribution in [0.25, 0.3) is 185 Å². The molecule has 8 heteroatoms. The fraction of sp³-hybridized carbons (Fsp3) is 0.0435. The molecule has 0 aliphatic carbocycles. The fourth-order valence-corrected chi connectivity index (χ4v) is 17.0. The van der Waals surface area contributed by atoms with Crippen molar-refractivity contribution in [2.75, 3.05) is 0 Å². The van der Waals surface area contributed by atoms with Crippen molar-refractivity contribution in [1.29, 1.82) is 0 Å². The van der Waals surface area contributed by atoms with E-state index in [1.165, 1.54) is 58.3 Å². The lowest BCUT2D eigenvalue weighted by Gasteiger charge is -2.19. The Hall–Kier alpha value is -12.2. The molecule has 0 aliphatic rings. The quantitative estimate of drug-likeness (QED) is 0.152. The average molecular weight is 1330 g/mol. The number of hydrogen-bond acceptors (Lipinski definition) is 6. The number of hydrogen-bond donors (Lipinski definition) is 0. The molecule has 472 valence electrons. The van der Waals surface area contributed by atoms with Crippen LogP contribution < -0.4 is 0 Å². The topological polar surface area (TPSA) is 61.4 Å². The third-order valence-electron chi connectivity index (χ3n) is 19.1. The van der Waals surface area contributed by atoms with Crippen LogP contribution in [0.4, 0.5) is 0 Å². The maximum absolute atomic E-state index is 8.92. The van der Waals surface area contributed by atoms with Gasteiger partial charge in [0.25, 0.3) is 0 Å². The van der Waals surface area contributed by atoms with E-state index >= 15 is 0 Å². The summed E-state index contributed by atoms with van der Waals surface area (Å²) in [5.74, 6) is 0.919. The maximum atomic E-state index is 8.92. The number of thiophene rings is 2. The molecular formula is C92H62N6S2. The average Bonchev–Trinajstić information content (AvgIpc) is 1.54. The molecule has 0 unspecified atom stereocenters. The number of aromatic nitrogens is 6. The third kappa shape index (κ3) is 9.89. The molecule has 0 fully saturated rings. The first-order valence-electron chi connectivity index (χ1n) is 38.2. The number of fused-ring (bicyclic) bond motifs is 20. The molecule has 100 heavy (non-hydrogen) atoms. The Morgan fingerprint density at radius 1 is 0.310 bits per heavy atom. The van der Waals surface area contributed by atoms with Gasteiger partial charge in [0.2, 0.25) is 5.95 Å². The molecule has 0 saturated heterocycles. The summed E-state index contributed by atoms with van der Waals surface area (Å²) in [6.45, 7) is 6.74. The standard InChI is InChI=1S/C48H35N3S.C44H27N3S/c1-48(2,3)33-26-24-31(25-27-33)40-29-39(30-14-5-4-6-15-30)49-47(50-40)32-16-13-17-34(28-32)51-41-22-11-9-20-37(41)43-35-18-7-8-19-36(35)46-44(45(43)51)38-21-10-12-23-42(38)52-46;1-3-13-28(14-4-1)29-23-25-31(26-24-29)37-27-36(30-15-5-2-6-16-30)45-44(46-37)47-38-21-11-9-19-34(38)40-32-17-7-8-18-33(32)43-41(42(40)47)35-20-10-12-22-39(35)48-43/h4-29H,1-3H3;1-27H/i;1D,2D,3D,4D,5D,6D,13D,14D,15D,16D. The zero-order valence-electron chi connectivity index (χ0n) is 64.3. The number of para-hydroxylation sites is 2. The number of nitrogens with zero attached hydrogens (tertiary/aromatic N) is 6. The van der Waals surface area contributed by atoms with E-state index in [-0.39, 0.29) is 40.3 Å². The summed E-state index contributed by atoms with van der Waals surface area (Å²) in [6.07, 6.45) is 0. The molecule has 14 aromatic carbocycles. The molecule has 6 heterocycles. The van der Waals surface area contributed by atoms with Gasteiger partial charge in [0, 0.05) is 106 Å². The van der Waals surface area contributed by atoms with Crippen molar-refractivity contribution in [1.82, 2.24) is 29.1 Å². The molecule has 6 aromatic heterocycles. The van der Waals surface area contributed by atoms with Crippen molar-refractivity contribution in [3.8, 4) is 79.2 Å². The highest BCUT2D eigenvalue weighted by Crippen LogP contribution is 2.50. The summed E-state index contributed by atoms with van der Waals surface area (Å²) >= 11 is 3.60. The first kappa shape index (κ1) is 49.3. The molecular weight excluding hydrogens is 1250 g/mol. The summed E-state index contributed by atoms with van der Waals surface area (Å²) in [5.41, 5.74) is 12.9. The molecule has 0 saturated carbocycles. The third-order valence-corrected chi connectivity index (χ3v) is 21.5. The lowest BCUT2D eigenvalue weighted by atomic mass is 9.86. The van der Waals surface area contributed by atoms with Gasteiger partial charge in [0.05, 0.1) is 58.6 Å². The first-order chi connectivity index (χ1) is 53.4. The molecule has 0 bridgehead atoms. The van der Waals surface area contributed by atoms with Gasteiger partial charge in [-0.05, 0) is 81.4 Å². The second-order valence-corrected chi connectivity index (χ2v) is 28.2. The largest absolute Gasteiger partial charge is 0.309 e. The van der Waals surface area contributed by atoms with Gasteiger partial charge in [-0.1, -0.05) is 294 Å². The Balaban J connectivity index is 0.000000150. The van der Waals surface area contributed by atoms with E-state index in [0.717, 1.165) is 86.5 Å². The highest BCUT2D eigenvalue weighted by Gasteiger charge is 2.26. The zero-order chi connectivity index (χ0) is 75.3. The summed E-state index contributed by atoms with van der Waals surface area (Å²) in [6, 6.07) is 85.3. The van der Waals surface area contributed by atoms with Gasteiger partial charge in [0.15, 0.2) is 5.82 Å². The normalized spacial score (nSPS) is 13.3. The van der Waals surface area contributed by atoms with Gasteiger partial charge >= 0.3 is 0 Å². The lowest BCUT2D eigenvalue weighted by molar-refractivity contribution is 0.590. The molecule has 0 aliphatic heterocycles. The van der Waals surface area contributed by atoms with E-state index < -0.39 is 48.3 Å². The van der Waals surface area contributed by atoms with Crippen molar-refractivity contribution in [3.05, 3.63) is 327 Å². The van der Waals surface area contributed by atoms with Gasteiger partial charge in [-0.3, -0.25) is 4.57 Å². The van der Waals surface area contributed by atoms with E-state index in [2.05, 4.69) is 207 Å². The van der Waals surface area contributed by atoms with Crippen LogP contribution in [0, 0.1) is 0 Å². The maximum Gasteiger partial charge on any atom is 0.235 e. The van der Waals surface area contributed by atoms with E-state index in [4.69, 9.17) is 33.6 Å². The summed E-state index contributed by atoms with van der Waals surface area (Å²) < 4.78 is 93.8. The van der Waals surface area contributed by atoms with Gasteiger partial charge in [-0.15, -0.1) is 22.7 Å². The molecule has 0 spiro atoms. The first-order valence-corrected chi connectivity index (χ1v) is 34.8. The van der Waals surface area contributed by atoms with Gasteiger partial charge in [-0.2, -0.15) is 0 Å². The van der Waals surface area contributed by atoms with E-state index in [9.17, 15) is 0 Å². The second kappa shape index (κ2) is 23.8. The van der Waals surface area contributed by atoms with Gasteiger partial charge < -0.3 is 4.57 Å². The summed E-state index contributed by atoms with van der Waals surface area (Å²) in [7, 11) is 0. The van der Waals surface area contributed by atoms with Crippen LogP contribution in [0.3, 0.4) is 0 Å². The van der Waals surface area contributed by atoms with Crippen molar-refractivity contribution >= 4 is 128 Å². The molecule has 6 nitrogen and oxygen atoms in total. The predicted molar refractivity (Wildman–Crippen MR) is 425 cm³/mol. The van der Waals surface area contributed by atoms with Crippen LogP contribution in [-0.4, -0.2) is 29.1 Å². The van der Waals surface area contributed by atoms with Crippen molar-refractivity contribution in [3.63, 3.8) is 0 Å². The van der Waals surface area contributed by atoms with Crippen molar-refractivity contribution in [2.45, 2.75) is 26.2 Å². The minimum absolute atomic E-state index is 0.0604.